The van der Waals surface area contributed by atoms with Crippen LogP contribution in [-0.4, -0.2) is 13.0 Å². The van der Waals surface area contributed by atoms with E-state index < -0.39 is 0 Å². The van der Waals surface area contributed by atoms with E-state index in [1.54, 1.807) is 25.2 Å². The van der Waals surface area contributed by atoms with Crippen molar-refractivity contribution in [3.63, 3.8) is 0 Å². The van der Waals surface area contributed by atoms with Gasteiger partial charge < -0.3 is 4.90 Å². The minimum absolute atomic E-state index is 0.0795. The molecule has 0 aliphatic heterocycles. The second kappa shape index (κ2) is 3.99. The number of anilines is 1. The topological polar surface area (TPSA) is 20.3 Å². The molecule has 0 radical (unpaired) electrons. The SMILES string of the molecule is CC(=O)N(C)c1cc(Cl)ccc1Cl. The van der Waals surface area contributed by atoms with Gasteiger partial charge in [0.05, 0.1) is 10.7 Å². The Labute approximate surface area is 87.1 Å². The fourth-order valence-corrected chi connectivity index (χ4v) is 1.32. The van der Waals surface area contributed by atoms with E-state index in [1.165, 1.54) is 11.8 Å². The third-order valence-corrected chi connectivity index (χ3v) is 2.30. The Bertz CT molecular complexity index is 338. The predicted molar refractivity (Wildman–Crippen MR) is 55.5 cm³/mol. The molecule has 0 aliphatic rings. The van der Waals surface area contributed by atoms with Crippen LogP contribution in [0, 0.1) is 0 Å². The molecule has 0 bridgehead atoms. The van der Waals surface area contributed by atoms with Gasteiger partial charge in [0.15, 0.2) is 0 Å². The minimum atomic E-state index is -0.0795. The van der Waals surface area contributed by atoms with Crippen molar-refractivity contribution in [2.24, 2.45) is 0 Å². The van der Waals surface area contributed by atoms with Crippen LogP contribution in [-0.2, 0) is 4.79 Å². The summed E-state index contributed by atoms with van der Waals surface area (Å²) in [6, 6.07) is 5.01. The van der Waals surface area contributed by atoms with E-state index in [9.17, 15) is 4.79 Å². The lowest BCUT2D eigenvalue weighted by Gasteiger charge is -2.16. The van der Waals surface area contributed by atoms with Crippen LogP contribution in [0.4, 0.5) is 5.69 Å². The van der Waals surface area contributed by atoms with Crippen LogP contribution in [0.5, 0.6) is 0 Å². The molecular formula is C9H9Cl2NO. The van der Waals surface area contributed by atoms with Gasteiger partial charge in [-0.1, -0.05) is 23.2 Å². The van der Waals surface area contributed by atoms with Gasteiger partial charge in [-0.25, -0.2) is 0 Å². The molecule has 2 nitrogen and oxygen atoms in total. The third kappa shape index (κ3) is 2.36. The minimum Gasteiger partial charge on any atom is -0.314 e. The molecule has 0 unspecified atom stereocenters. The Morgan fingerprint density at radius 3 is 2.54 bits per heavy atom. The summed E-state index contributed by atoms with van der Waals surface area (Å²) in [5, 5.41) is 1.08. The summed E-state index contributed by atoms with van der Waals surface area (Å²) >= 11 is 11.7. The van der Waals surface area contributed by atoms with Gasteiger partial charge in [0.2, 0.25) is 5.91 Å². The summed E-state index contributed by atoms with van der Waals surface area (Å²) in [7, 11) is 1.65. The maximum absolute atomic E-state index is 11.0. The zero-order valence-electron chi connectivity index (χ0n) is 7.34. The van der Waals surface area contributed by atoms with Crippen molar-refractivity contribution in [1.82, 2.24) is 0 Å². The fourth-order valence-electron chi connectivity index (χ4n) is 0.912. The average Bonchev–Trinajstić information content (AvgIpc) is 2.08. The maximum atomic E-state index is 11.0. The van der Waals surface area contributed by atoms with Crippen molar-refractivity contribution in [3.05, 3.63) is 28.2 Å². The summed E-state index contributed by atoms with van der Waals surface area (Å²) in [5.41, 5.74) is 0.627. The van der Waals surface area contributed by atoms with Crippen LogP contribution in [0.25, 0.3) is 0 Å². The first kappa shape index (κ1) is 10.4. The molecule has 0 saturated heterocycles. The number of hydrogen-bond donors (Lipinski definition) is 0. The Hall–Kier alpha value is -0.730. The molecule has 1 amide bonds. The highest BCUT2D eigenvalue weighted by molar-refractivity contribution is 6.35. The third-order valence-electron chi connectivity index (χ3n) is 1.74. The predicted octanol–water partition coefficient (Wildman–Crippen LogP) is 2.98. The molecule has 70 valence electrons. The second-order valence-corrected chi connectivity index (χ2v) is 3.52. The lowest BCUT2D eigenvalue weighted by molar-refractivity contribution is -0.116. The molecular weight excluding hydrogens is 209 g/mol. The van der Waals surface area contributed by atoms with Crippen LogP contribution in [0.2, 0.25) is 10.0 Å². The summed E-state index contributed by atoms with van der Waals surface area (Å²) in [5.74, 6) is -0.0795. The lowest BCUT2D eigenvalue weighted by atomic mass is 10.3. The van der Waals surface area contributed by atoms with Crippen LogP contribution in [0.15, 0.2) is 18.2 Å². The Morgan fingerprint density at radius 2 is 2.00 bits per heavy atom. The van der Waals surface area contributed by atoms with Crippen LogP contribution >= 0.6 is 23.2 Å². The lowest BCUT2D eigenvalue weighted by Crippen LogP contribution is -2.23. The number of rotatable bonds is 1. The highest BCUT2D eigenvalue weighted by Crippen LogP contribution is 2.28. The molecule has 13 heavy (non-hydrogen) atoms. The Kier molecular flexibility index (Phi) is 3.17. The largest absolute Gasteiger partial charge is 0.314 e. The van der Waals surface area contributed by atoms with Gasteiger partial charge in [0, 0.05) is 19.0 Å². The Morgan fingerprint density at radius 1 is 1.38 bits per heavy atom. The zero-order valence-corrected chi connectivity index (χ0v) is 8.86. The molecule has 0 spiro atoms. The number of hydrogen-bond acceptors (Lipinski definition) is 1. The van der Waals surface area contributed by atoms with Crippen molar-refractivity contribution in [3.8, 4) is 0 Å². The van der Waals surface area contributed by atoms with Gasteiger partial charge in [-0.2, -0.15) is 0 Å². The van der Waals surface area contributed by atoms with Crippen LogP contribution in [0.3, 0.4) is 0 Å². The molecule has 0 heterocycles. The monoisotopic (exact) mass is 217 g/mol. The van der Waals surface area contributed by atoms with E-state index >= 15 is 0 Å². The smallest absolute Gasteiger partial charge is 0.223 e. The number of benzene rings is 1. The maximum Gasteiger partial charge on any atom is 0.223 e. The van der Waals surface area contributed by atoms with Gasteiger partial charge in [-0.3, -0.25) is 4.79 Å². The highest BCUT2D eigenvalue weighted by atomic mass is 35.5. The highest BCUT2D eigenvalue weighted by Gasteiger charge is 2.09. The van der Waals surface area contributed by atoms with Gasteiger partial charge >= 0.3 is 0 Å². The number of carbonyl (C=O) groups excluding carboxylic acids is 1. The second-order valence-electron chi connectivity index (χ2n) is 2.67. The first-order chi connectivity index (χ1) is 6.02. The van der Waals surface area contributed by atoms with Crippen molar-refractivity contribution in [2.45, 2.75) is 6.92 Å². The summed E-state index contributed by atoms with van der Waals surface area (Å²) in [6.07, 6.45) is 0. The van der Waals surface area contributed by atoms with Gasteiger partial charge in [-0.15, -0.1) is 0 Å². The molecule has 0 aliphatic carbocycles. The Balaban J connectivity index is 3.12. The quantitative estimate of drug-likeness (QED) is 0.709. The molecule has 1 aromatic rings. The van der Waals surface area contributed by atoms with E-state index in [4.69, 9.17) is 23.2 Å². The normalized spacial score (nSPS) is 9.85. The van der Waals surface area contributed by atoms with Gasteiger partial charge in [-0.05, 0) is 18.2 Å². The standard InChI is InChI=1S/C9H9Cl2NO/c1-6(13)12(2)9-5-7(10)3-4-8(9)11/h3-5H,1-2H3. The molecule has 0 fully saturated rings. The van der Waals surface area contributed by atoms with Crippen LogP contribution in [0.1, 0.15) is 6.92 Å². The number of carbonyl (C=O) groups is 1. The number of halogens is 2. The van der Waals surface area contributed by atoms with E-state index in [2.05, 4.69) is 0 Å². The molecule has 1 aromatic carbocycles. The number of amides is 1. The first-order valence-corrected chi connectivity index (χ1v) is 4.47. The molecule has 0 saturated carbocycles. The molecule has 1 rings (SSSR count). The van der Waals surface area contributed by atoms with E-state index in [-0.39, 0.29) is 5.91 Å². The molecule has 0 N–H and O–H groups in total. The van der Waals surface area contributed by atoms with Gasteiger partial charge in [0.25, 0.3) is 0 Å². The zero-order chi connectivity index (χ0) is 10.0. The molecule has 0 atom stereocenters. The van der Waals surface area contributed by atoms with E-state index in [0.29, 0.717) is 15.7 Å². The van der Waals surface area contributed by atoms with E-state index in [1.807, 2.05) is 0 Å². The number of nitrogens with zero attached hydrogens (tertiary/aromatic N) is 1. The summed E-state index contributed by atoms with van der Waals surface area (Å²) in [4.78, 5) is 12.5. The fraction of sp³-hybridized carbons (Fsp3) is 0.222. The van der Waals surface area contributed by atoms with Gasteiger partial charge in [0.1, 0.15) is 0 Å². The molecule has 0 aromatic heterocycles. The molecule has 4 heteroatoms. The van der Waals surface area contributed by atoms with Crippen molar-refractivity contribution in [2.75, 3.05) is 11.9 Å². The van der Waals surface area contributed by atoms with Crippen molar-refractivity contribution >= 4 is 34.8 Å². The summed E-state index contributed by atoms with van der Waals surface area (Å²) in [6.45, 7) is 1.47. The first-order valence-electron chi connectivity index (χ1n) is 3.71. The van der Waals surface area contributed by atoms with Crippen LogP contribution < -0.4 is 4.90 Å². The summed E-state index contributed by atoms with van der Waals surface area (Å²) < 4.78 is 0. The van der Waals surface area contributed by atoms with Crippen molar-refractivity contribution < 1.29 is 4.79 Å². The van der Waals surface area contributed by atoms with E-state index in [0.717, 1.165) is 0 Å². The average molecular weight is 218 g/mol. The van der Waals surface area contributed by atoms with Crippen molar-refractivity contribution in [1.29, 1.82) is 0 Å².